The predicted molar refractivity (Wildman–Crippen MR) is 83.0 cm³/mol. The number of carbonyl (C=O) groups excluding carboxylic acids is 2. The first-order valence-electron chi connectivity index (χ1n) is 7.34. The molecule has 8 heteroatoms. The molecular formula is C14H18ClN5O2. The molecule has 2 aliphatic heterocycles. The predicted octanol–water partition coefficient (Wildman–Crippen LogP) is 1.76. The van der Waals surface area contributed by atoms with Crippen molar-refractivity contribution < 1.29 is 9.59 Å². The highest BCUT2D eigenvalue weighted by Gasteiger charge is 2.32. The van der Waals surface area contributed by atoms with Crippen LogP contribution in [-0.2, 0) is 0 Å². The molecule has 1 aromatic heterocycles. The summed E-state index contributed by atoms with van der Waals surface area (Å²) in [7, 11) is 0. The molecule has 2 saturated heterocycles. The lowest BCUT2D eigenvalue weighted by atomic mass is 10.0. The van der Waals surface area contributed by atoms with E-state index >= 15 is 0 Å². The summed E-state index contributed by atoms with van der Waals surface area (Å²) in [4.78, 5) is 31.6. The number of urea groups is 2. The Bertz CT molecular complexity index is 582. The Morgan fingerprint density at radius 2 is 2.27 bits per heavy atom. The number of hydrogen-bond donors (Lipinski definition) is 2. The second-order valence-electron chi connectivity index (χ2n) is 5.49. The van der Waals surface area contributed by atoms with Crippen LogP contribution in [0.3, 0.4) is 0 Å². The molecule has 0 spiro atoms. The molecule has 1 aromatic rings. The maximum Gasteiger partial charge on any atom is 0.321 e. The zero-order valence-electron chi connectivity index (χ0n) is 12.1. The number of rotatable bonds is 2. The molecule has 7 nitrogen and oxygen atoms in total. The third-order valence-corrected chi connectivity index (χ3v) is 4.18. The van der Waals surface area contributed by atoms with Gasteiger partial charge in [0.2, 0.25) is 0 Å². The Labute approximate surface area is 133 Å². The Balaban J connectivity index is 1.61. The van der Waals surface area contributed by atoms with Crippen molar-refractivity contribution in [1.29, 1.82) is 0 Å². The first-order chi connectivity index (χ1) is 10.6. The zero-order chi connectivity index (χ0) is 15.5. The monoisotopic (exact) mass is 323 g/mol. The Morgan fingerprint density at radius 3 is 3.00 bits per heavy atom. The number of pyridine rings is 1. The van der Waals surface area contributed by atoms with Crippen LogP contribution in [0.2, 0.25) is 5.02 Å². The largest absolute Gasteiger partial charge is 0.336 e. The second-order valence-corrected chi connectivity index (χ2v) is 5.93. The Morgan fingerprint density at radius 1 is 1.41 bits per heavy atom. The summed E-state index contributed by atoms with van der Waals surface area (Å²) in [5.74, 6) is 0. The van der Waals surface area contributed by atoms with Gasteiger partial charge >= 0.3 is 12.1 Å². The van der Waals surface area contributed by atoms with Gasteiger partial charge in [0, 0.05) is 32.4 Å². The maximum absolute atomic E-state index is 12.3. The lowest BCUT2D eigenvalue weighted by molar-refractivity contribution is 0.139. The fraction of sp³-hybridized carbons (Fsp3) is 0.500. The Hall–Kier alpha value is -2.02. The minimum Gasteiger partial charge on any atom is -0.336 e. The van der Waals surface area contributed by atoms with Crippen LogP contribution < -0.4 is 10.6 Å². The molecule has 1 atom stereocenters. The second kappa shape index (κ2) is 6.39. The lowest BCUT2D eigenvalue weighted by Crippen LogP contribution is -2.51. The van der Waals surface area contributed by atoms with Crippen molar-refractivity contribution in [3.05, 3.63) is 23.5 Å². The lowest BCUT2D eigenvalue weighted by Gasteiger charge is -2.36. The van der Waals surface area contributed by atoms with Crippen molar-refractivity contribution in [2.24, 2.45) is 0 Å². The van der Waals surface area contributed by atoms with Gasteiger partial charge in [-0.1, -0.05) is 11.6 Å². The van der Waals surface area contributed by atoms with E-state index in [1.807, 2.05) is 4.90 Å². The number of nitrogens with zero attached hydrogens (tertiary/aromatic N) is 3. The van der Waals surface area contributed by atoms with Crippen LogP contribution >= 0.6 is 11.6 Å². The van der Waals surface area contributed by atoms with Gasteiger partial charge in [-0.2, -0.15) is 0 Å². The first kappa shape index (κ1) is 14.9. The molecule has 0 bridgehead atoms. The standard InChI is InChI=1S/C14H18ClN5O2/c15-10-6-11(8-16-7-10)18-14(22)19-4-1-2-12(9-19)20-5-3-17-13(20)21/h6-8,12H,1-5,9H2,(H,17,21)(H,18,22). The van der Waals surface area contributed by atoms with Crippen molar-refractivity contribution in [2.45, 2.75) is 18.9 Å². The molecule has 0 aromatic carbocycles. The van der Waals surface area contributed by atoms with Crippen LogP contribution in [-0.4, -0.2) is 59.1 Å². The van der Waals surface area contributed by atoms with Crippen LogP contribution in [0.15, 0.2) is 18.5 Å². The summed E-state index contributed by atoms with van der Waals surface area (Å²) < 4.78 is 0. The summed E-state index contributed by atoms with van der Waals surface area (Å²) in [6, 6.07) is 1.51. The summed E-state index contributed by atoms with van der Waals surface area (Å²) in [6.07, 6.45) is 4.88. The molecule has 0 aliphatic carbocycles. The van der Waals surface area contributed by atoms with Gasteiger partial charge in [0.15, 0.2) is 0 Å². The van der Waals surface area contributed by atoms with Crippen LogP contribution in [0, 0.1) is 0 Å². The van der Waals surface area contributed by atoms with Crippen LogP contribution in [0.5, 0.6) is 0 Å². The van der Waals surface area contributed by atoms with Crippen LogP contribution in [0.25, 0.3) is 0 Å². The maximum atomic E-state index is 12.3. The van der Waals surface area contributed by atoms with Gasteiger partial charge in [0.1, 0.15) is 0 Å². The van der Waals surface area contributed by atoms with E-state index in [9.17, 15) is 9.59 Å². The van der Waals surface area contributed by atoms with Gasteiger partial charge in [-0.05, 0) is 18.9 Å². The number of carbonyl (C=O) groups is 2. The number of aromatic nitrogens is 1. The molecule has 3 rings (SSSR count). The molecule has 118 valence electrons. The van der Waals surface area contributed by atoms with E-state index in [1.165, 1.54) is 6.20 Å². The van der Waals surface area contributed by atoms with Crippen LogP contribution in [0.1, 0.15) is 12.8 Å². The third-order valence-electron chi connectivity index (χ3n) is 3.97. The quantitative estimate of drug-likeness (QED) is 0.870. The minimum absolute atomic E-state index is 0.0358. The van der Waals surface area contributed by atoms with Gasteiger partial charge in [-0.25, -0.2) is 9.59 Å². The molecule has 0 radical (unpaired) electrons. The van der Waals surface area contributed by atoms with Crippen molar-refractivity contribution in [1.82, 2.24) is 20.1 Å². The smallest absolute Gasteiger partial charge is 0.321 e. The number of hydrogen-bond acceptors (Lipinski definition) is 3. The van der Waals surface area contributed by atoms with Gasteiger partial charge < -0.3 is 20.4 Å². The zero-order valence-corrected chi connectivity index (χ0v) is 12.8. The average Bonchev–Trinajstić information content (AvgIpc) is 2.93. The van der Waals surface area contributed by atoms with Crippen molar-refractivity contribution in [3.8, 4) is 0 Å². The first-order valence-corrected chi connectivity index (χ1v) is 7.72. The highest BCUT2D eigenvalue weighted by Crippen LogP contribution is 2.19. The van der Waals surface area contributed by atoms with E-state index in [-0.39, 0.29) is 18.1 Å². The van der Waals surface area contributed by atoms with E-state index in [1.54, 1.807) is 17.2 Å². The molecule has 0 saturated carbocycles. The SMILES string of the molecule is O=C(Nc1cncc(Cl)c1)N1CCCC(N2CCNC2=O)C1. The number of amides is 4. The number of halogens is 1. The fourth-order valence-corrected chi connectivity index (χ4v) is 3.09. The van der Waals surface area contributed by atoms with E-state index < -0.39 is 0 Å². The highest BCUT2D eigenvalue weighted by molar-refractivity contribution is 6.30. The number of nitrogens with one attached hydrogen (secondary N) is 2. The Kier molecular flexibility index (Phi) is 4.33. The summed E-state index contributed by atoms with van der Waals surface area (Å²) in [6.45, 7) is 2.62. The van der Waals surface area contributed by atoms with Gasteiger partial charge in [0.25, 0.3) is 0 Å². The van der Waals surface area contributed by atoms with E-state index in [0.29, 0.717) is 36.9 Å². The summed E-state index contributed by atoms with van der Waals surface area (Å²) in [5, 5.41) is 6.07. The normalized spacial score (nSPS) is 21.7. The van der Waals surface area contributed by atoms with Crippen molar-refractivity contribution >= 4 is 29.4 Å². The molecule has 2 fully saturated rings. The fourth-order valence-electron chi connectivity index (χ4n) is 2.91. The van der Waals surface area contributed by atoms with Crippen molar-refractivity contribution in [2.75, 3.05) is 31.5 Å². The topological polar surface area (TPSA) is 77.6 Å². The average molecular weight is 324 g/mol. The number of anilines is 1. The number of piperidine rings is 1. The van der Waals surface area contributed by atoms with E-state index in [0.717, 1.165) is 12.8 Å². The van der Waals surface area contributed by atoms with Gasteiger partial charge in [-0.3, -0.25) is 4.98 Å². The molecule has 3 heterocycles. The molecule has 2 N–H and O–H groups in total. The van der Waals surface area contributed by atoms with E-state index in [2.05, 4.69) is 15.6 Å². The van der Waals surface area contributed by atoms with E-state index in [4.69, 9.17) is 11.6 Å². The van der Waals surface area contributed by atoms with Gasteiger partial charge in [-0.15, -0.1) is 0 Å². The molecule has 2 aliphatic rings. The molecular weight excluding hydrogens is 306 g/mol. The third kappa shape index (κ3) is 3.24. The van der Waals surface area contributed by atoms with Crippen LogP contribution in [0.4, 0.5) is 15.3 Å². The van der Waals surface area contributed by atoms with Gasteiger partial charge in [0.05, 0.1) is 22.9 Å². The molecule has 1 unspecified atom stereocenters. The minimum atomic E-state index is -0.187. The summed E-state index contributed by atoms with van der Waals surface area (Å²) >= 11 is 5.86. The number of likely N-dealkylation sites (tertiary alicyclic amines) is 1. The summed E-state index contributed by atoms with van der Waals surface area (Å²) in [5.41, 5.74) is 0.568. The molecule has 22 heavy (non-hydrogen) atoms. The highest BCUT2D eigenvalue weighted by atomic mass is 35.5. The van der Waals surface area contributed by atoms with Crippen molar-refractivity contribution in [3.63, 3.8) is 0 Å². The molecule has 4 amide bonds.